The van der Waals surface area contributed by atoms with Crippen LogP contribution >= 0.6 is 27.5 Å². The molecular formula is C9H8BrClN2. The van der Waals surface area contributed by atoms with Crippen molar-refractivity contribution in [1.82, 2.24) is 0 Å². The molecule has 0 aliphatic carbocycles. The van der Waals surface area contributed by atoms with Crippen LogP contribution in [0.1, 0.15) is 18.0 Å². The van der Waals surface area contributed by atoms with E-state index in [1.807, 2.05) is 12.1 Å². The Balaban J connectivity index is 2.95. The van der Waals surface area contributed by atoms with E-state index in [-0.39, 0.29) is 6.04 Å². The standard InChI is InChI=1S/C9H8BrClN2/c10-7-3-6(4-8(11)5-7)9(13)1-2-12/h3-5,9H,1,13H2/t9-/m1/s1. The molecule has 0 aromatic heterocycles. The summed E-state index contributed by atoms with van der Waals surface area (Å²) in [7, 11) is 0. The highest BCUT2D eigenvalue weighted by Crippen LogP contribution is 2.23. The molecule has 1 rings (SSSR count). The van der Waals surface area contributed by atoms with Gasteiger partial charge < -0.3 is 5.73 Å². The van der Waals surface area contributed by atoms with Gasteiger partial charge in [0.1, 0.15) is 0 Å². The first kappa shape index (κ1) is 10.5. The molecule has 0 aliphatic heterocycles. The third-order valence-electron chi connectivity index (χ3n) is 1.62. The zero-order valence-electron chi connectivity index (χ0n) is 6.80. The zero-order chi connectivity index (χ0) is 9.84. The first-order valence-electron chi connectivity index (χ1n) is 3.72. The molecule has 0 saturated carbocycles. The maximum Gasteiger partial charge on any atom is 0.0641 e. The van der Waals surface area contributed by atoms with Gasteiger partial charge in [-0.1, -0.05) is 27.5 Å². The molecule has 1 atom stereocenters. The van der Waals surface area contributed by atoms with E-state index in [4.69, 9.17) is 22.6 Å². The summed E-state index contributed by atoms with van der Waals surface area (Å²) in [6.45, 7) is 0. The summed E-state index contributed by atoms with van der Waals surface area (Å²) in [4.78, 5) is 0. The summed E-state index contributed by atoms with van der Waals surface area (Å²) in [5.74, 6) is 0. The predicted molar refractivity (Wildman–Crippen MR) is 56.3 cm³/mol. The van der Waals surface area contributed by atoms with Gasteiger partial charge in [-0.15, -0.1) is 0 Å². The number of rotatable bonds is 2. The van der Waals surface area contributed by atoms with Crippen molar-refractivity contribution in [2.75, 3.05) is 0 Å². The minimum atomic E-state index is -0.264. The summed E-state index contributed by atoms with van der Waals surface area (Å²) < 4.78 is 0.878. The van der Waals surface area contributed by atoms with Gasteiger partial charge in [0.05, 0.1) is 12.5 Å². The molecule has 0 bridgehead atoms. The highest BCUT2D eigenvalue weighted by atomic mass is 79.9. The van der Waals surface area contributed by atoms with E-state index in [1.54, 1.807) is 12.1 Å². The van der Waals surface area contributed by atoms with Gasteiger partial charge in [-0.25, -0.2) is 0 Å². The average molecular weight is 260 g/mol. The van der Waals surface area contributed by atoms with Crippen molar-refractivity contribution < 1.29 is 0 Å². The van der Waals surface area contributed by atoms with Crippen molar-refractivity contribution in [3.63, 3.8) is 0 Å². The second kappa shape index (κ2) is 4.61. The van der Waals surface area contributed by atoms with Crippen LogP contribution in [0.5, 0.6) is 0 Å². The number of nitriles is 1. The van der Waals surface area contributed by atoms with Gasteiger partial charge in [-0.05, 0) is 23.8 Å². The van der Waals surface area contributed by atoms with Crippen LogP contribution in [0.15, 0.2) is 22.7 Å². The summed E-state index contributed by atoms with van der Waals surface area (Å²) in [5.41, 5.74) is 6.62. The number of nitrogens with zero attached hydrogens (tertiary/aromatic N) is 1. The molecule has 0 saturated heterocycles. The van der Waals surface area contributed by atoms with Gasteiger partial charge >= 0.3 is 0 Å². The largest absolute Gasteiger partial charge is 0.323 e. The number of hydrogen-bond acceptors (Lipinski definition) is 2. The molecule has 1 aromatic carbocycles. The van der Waals surface area contributed by atoms with E-state index < -0.39 is 0 Å². The zero-order valence-corrected chi connectivity index (χ0v) is 9.14. The Labute approximate surface area is 90.4 Å². The van der Waals surface area contributed by atoms with Crippen molar-refractivity contribution >= 4 is 27.5 Å². The molecule has 0 aliphatic rings. The summed E-state index contributed by atoms with van der Waals surface area (Å²) >= 11 is 9.14. The maximum absolute atomic E-state index is 8.46. The SMILES string of the molecule is N#CC[C@@H](N)c1cc(Cl)cc(Br)c1. The Hall–Kier alpha value is -0.560. The number of nitrogens with two attached hydrogens (primary N) is 1. The molecule has 0 amide bonds. The predicted octanol–water partition coefficient (Wildman–Crippen LogP) is 3.02. The van der Waals surface area contributed by atoms with Crippen LogP contribution in [-0.2, 0) is 0 Å². The lowest BCUT2D eigenvalue weighted by Gasteiger charge is -2.08. The third-order valence-corrected chi connectivity index (χ3v) is 2.30. The van der Waals surface area contributed by atoms with E-state index in [9.17, 15) is 0 Å². The van der Waals surface area contributed by atoms with Crippen molar-refractivity contribution in [2.24, 2.45) is 5.73 Å². The van der Waals surface area contributed by atoms with E-state index in [2.05, 4.69) is 15.9 Å². The molecule has 0 spiro atoms. The first-order valence-corrected chi connectivity index (χ1v) is 4.89. The van der Waals surface area contributed by atoms with Crippen molar-refractivity contribution in [3.8, 4) is 6.07 Å². The Kier molecular flexibility index (Phi) is 3.73. The highest BCUT2D eigenvalue weighted by molar-refractivity contribution is 9.10. The fourth-order valence-electron chi connectivity index (χ4n) is 1.01. The number of benzene rings is 1. The van der Waals surface area contributed by atoms with Crippen LogP contribution in [-0.4, -0.2) is 0 Å². The van der Waals surface area contributed by atoms with Crippen LogP contribution in [0.2, 0.25) is 5.02 Å². The monoisotopic (exact) mass is 258 g/mol. The first-order chi connectivity index (χ1) is 6.13. The van der Waals surface area contributed by atoms with E-state index in [0.717, 1.165) is 10.0 Å². The Morgan fingerprint density at radius 2 is 2.23 bits per heavy atom. The van der Waals surface area contributed by atoms with E-state index >= 15 is 0 Å². The normalized spacial score (nSPS) is 12.2. The average Bonchev–Trinajstić information content (AvgIpc) is 2.03. The van der Waals surface area contributed by atoms with Gasteiger partial charge in [0.2, 0.25) is 0 Å². The smallest absolute Gasteiger partial charge is 0.0641 e. The third kappa shape index (κ3) is 3.00. The lowest BCUT2D eigenvalue weighted by atomic mass is 10.1. The van der Waals surface area contributed by atoms with Crippen LogP contribution in [0.4, 0.5) is 0 Å². The van der Waals surface area contributed by atoms with Crippen molar-refractivity contribution in [3.05, 3.63) is 33.3 Å². The molecule has 0 unspecified atom stereocenters. The Morgan fingerprint density at radius 1 is 1.54 bits per heavy atom. The Bertz CT molecular complexity index is 326. The van der Waals surface area contributed by atoms with Gasteiger partial charge in [-0.2, -0.15) is 5.26 Å². The molecule has 2 N–H and O–H groups in total. The van der Waals surface area contributed by atoms with E-state index in [1.165, 1.54) is 0 Å². The number of hydrogen-bond donors (Lipinski definition) is 1. The summed E-state index contributed by atoms with van der Waals surface area (Å²) in [5, 5.41) is 9.08. The minimum Gasteiger partial charge on any atom is -0.323 e. The van der Waals surface area contributed by atoms with Crippen molar-refractivity contribution in [1.29, 1.82) is 5.26 Å². The molecule has 68 valence electrons. The lowest BCUT2D eigenvalue weighted by Crippen LogP contribution is -2.08. The fraction of sp³-hybridized carbons (Fsp3) is 0.222. The topological polar surface area (TPSA) is 49.8 Å². The lowest BCUT2D eigenvalue weighted by molar-refractivity contribution is 0.748. The highest BCUT2D eigenvalue weighted by Gasteiger charge is 2.06. The fourth-order valence-corrected chi connectivity index (χ4v) is 1.89. The molecular weight excluding hydrogens is 251 g/mol. The quantitative estimate of drug-likeness (QED) is 0.887. The van der Waals surface area contributed by atoms with E-state index in [0.29, 0.717) is 11.4 Å². The molecule has 0 heterocycles. The maximum atomic E-state index is 8.46. The minimum absolute atomic E-state index is 0.264. The summed E-state index contributed by atoms with van der Waals surface area (Å²) in [6.07, 6.45) is 0.298. The van der Waals surface area contributed by atoms with Gasteiger partial charge in [0.25, 0.3) is 0 Å². The van der Waals surface area contributed by atoms with Crippen LogP contribution in [0.3, 0.4) is 0 Å². The van der Waals surface area contributed by atoms with Crippen LogP contribution < -0.4 is 5.73 Å². The van der Waals surface area contributed by atoms with Crippen LogP contribution in [0, 0.1) is 11.3 Å². The molecule has 4 heteroatoms. The molecule has 0 fully saturated rings. The van der Waals surface area contributed by atoms with Gasteiger partial charge in [0, 0.05) is 15.5 Å². The molecule has 1 aromatic rings. The molecule has 13 heavy (non-hydrogen) atoms. The van der Waals surface area contributed by atoms with Gasteiger partial charge in [-0.3, -0.25) is 0 Å². The molecule has 0 radical (unpaired) electrons. The second-order valence-electron chi connectivity index (χ2n) is 2.67. The summed E-state index contributed by atoms with van der Waals surface area (Å²) in [6, 6.07) is 7.18. The van der Waals surface area contributed by atoms with Gasteiger partial charge in [0.15, 0.2) is 0 Å². The Morgan fingerprint density at radius 3 is 2.77 bits per heavy atom. The second-order valence-corrected chi connectivity index (χ2v) is 4.02. The van der Waals surface area contributed by atoms with Crippen molar-refractivity contribution in [2.45, 2.75) is 12.5 Å². The van der Waals surface area contributed by atoms with Crippen LogP contribution in [0.25, 0.3) is 0 Å². The molecule has 2 nitrogen and oxygen atoms in total. The number of halogens is 2.